The van der Waals surface area contributed by atoms with Crippen molar-refractivity contribution in [2.75, 3.05) is 21.3 Å². The number of para-hydroxylation sites is 1. The predicted octanol–water partition coefficient (Wildman–Crippen LogP) is 4.82. The Morgan fingerprint density at radius 1 is 0.919 bits per heavy atom. The van der Waals surface area contributed by atoms with Crippen molar-refractivity contribution in [1.29, 1.82) is 0 Å². The Morgan fingerprint density at radius 3 is 2.35 bits per heavy atom. The van der Waals surface area contributed by atoms with E-state index in [-0.39, 0.29) is 17.9 Å². The molecule has 0 bridgehead atoms. The van der Waals surface area contributed by atoms with E-state index in [1.807, 2.05) is 30.3 Å². The van der Waals surface area contributed by atoms with Gasteiger partial charge in [-0.1, -0.05) is 36.4 Å². The van der Waals surface area contributed by atoms with E-state index in [4.69, 9.17) is 14.2 Å². The van der Waals surface area contributed by atoms with Gasteiger partial charge in [0.15, 0.2) is 11.5 Å². The minimum atomic E-state index is -0.812. The number of hydrogen-bond acceptors (Lipinski definition) is 6. The van der Waals surface area contributed by atoms with Gasteiger partial charge in [-0.3, -0.25) is 9.59 Å². The molecule has 1 fully saturated rings. The van der Waals surface area contributed by atoms with Crippen LogP contribution in [-0.4, -0.2) is 48.0 Å². The van der Waals surface area contributed by atoms with Crippen molar-refractivity contribution in [2.24, 2.45) is 0 Å². The second-order valence-electron chi connectivity index (χ2n) is 8.64. The van der Waals surface area contributed by atoms with Gasteiger partial charge in [0.05, 0.1) is 32.9 Å². The highest BCUT2D eigenvalue weighted by Crippen LogP contribution is 2.42. The molecule has 0 radical (unpaired) electrons. The van der Waals surface area contributed by atoms with E-state index in [2.05, 4.69) is 4.98 Å². The highest BCUT2D eigenvalue weighted by atomic mass is 16.5. The van der Waals surface area contributed by atoms with Crippen LogP contribution in [0.5, 0.6) is 17.2 Å². The summed E-state index contributed by atoms with van der Waals surface area (Å²) in [5.74, 6) is 0.0282. The Bertz CT molecular complexity index is 1520. The zero-order valence-electron chi connectivity index (χ0n) is 20.6. The van der Waals surface area contributed by atoms with Crippen molar-refractivity contribution in [3.8, 4) is 17.2 Å². The first-order chi connectivity index (χ1) is 18.0. The fourth-order valence-electron chi connectivity index (χ4n) is 4.76. The van der Waals surface area contributed by atoms with Gasteiger partial charge in [-0.25, -0.2) is 0 Å². The lowest BCUT2D eigenvalue weighted by molar-refractivity contribution is -0.140. The molecule has 1 atom stereocenters. The van der Waals surface area contributed by atoms with Crippen LogP contribution in [0.15, 0.2) is 78.5 Å². The molecule has 37 heavy (non-hydrogen) atoms. The Labute approximate surface area is 213 Å². The highest BCUT2D eigenvalue weighted by Gasteiger charge is 2.46. The number of methoxy groups -OCH3 is 3. The number of nitrogens with one attached hydrogen (secondary N) is 1. The number of amides is 1. The van der Waals surface area contributed by atoms with Crippen LogP contribution in [0.4, 0.5) is 0 Å². The van der Waals surface area contributed by atoms with Gasteiger partial charge in [0.2, 0.25) is 0 Å². The zero-order chi connectivity index (χ0) is 26.1. The van der Waals surface area contributed by atoms with Crippen molar-refractivity contribution in [3.05, 3.63) is 95.2 Å². The number of carbonyl (C=O) groups is 2. The minimum Gasteiger partial charge on any atom is -0.507 e. The number of Topliss-reactive ketones (excluding diaryl/α,β-unsaturated/α-hetero) is 1. The number of aromatic amines is 1. The fourth-order valence-corrected chi connectivity index (χ4v) is 4.76. The number of carbonyl (C=O) groups excluding carboxylic acids is 2. The van der Waals surface area contributed by atoms with Crippen LogP contribution in [0.25, 0.3) is 16.7 Å². The van der Waals surface area contributed by atoms with Crippen molar-refractivity contribution >= 4 is 28.4 Å². The quantitative estimate of drug-likeness (QED) is 0.215. The van der Waals surface area contributed by atoms with Crippen LogP contribution in [-0.2, 0) is 16.1 Å². The molecule has 188 valence electrons. The highest BCUT2D eigenvalue weighted by molar-refractivity contribution is 6.46. The summed E-state index contributed by atoms with van der Waals surface area (Å²) >= 11 is 0. The average Bonchev–Trinajstić information content (AvgIpc) is 3.47. The Kier molecular flexibility index (Phi) is 6.31. The molecular weight excluding hydrogens is 472 g/mol. The van der Waals surface area contributed by atoms with Gasteiger partial charge in [-0.2, -0.15) is 0 Å². The van der Waals surface area contributed by atoms with E-state index in [1.165, 1.54) is 12.0 Å². The number of hydrogen-bond donors (Lipinski definition) is 2. The molecule has 1 saturated heterocycles. The number of rotatable bonds is 7. The van der Waals surface area contributed by atoms with E-state index in [1.54, 1.807) is 56.8 Å². The number of likely N-dealkylation sites (tertiary alicyclic amines) is 1. The molecule has 1 aliphatic rings. The monoisotopic (exact) mass is 498 g/mol. The molecule has 1 unspecified atom stereocenters. The summed E-state index contributed by atoms with van der Waals surface area (Å²) in [7, 11) is 4.64. The van der Waals surface area contributed by atoms with Crippen molar-refractivity contribution < 1.29 is 28.9 Å². The van der Waals surface area contributed by atoms with Crippen LogP contribution < -0.4 is 14.2 Å². The number of H-pyrrole nitrogens is 1. The molecule has 4 aromatic rings. The van der Waals surface area contributed by atoms with E-state index >= 15 is 0 Å². The van der Waals surface area contributed by atoms with Crippen LogP contribution in [0.1, 0.15) is 22.7 Å². The van der Waals surface area contributed by atoms with E-state index in [9.17, 15) is 14.7 Å². The number of ether oxygens (including phenoxy) is 3. The number of benzene rings is 3. The average molecular weight is 499 g/mol. The van der Waals surface area contributed by atoms with E-state index in [0.717, 1.165) is 16.5 Å². The number of fused-ring (bicyclic) bond motifs is 1. The van der Waals surface area contributed by atoms with E-state index < -0.39 is 17.7 Å². The van der Waals surface area contributed by atoms with E-state index in [0.29, 0.717) is 28.4 Å². The first-order valence-electron chi connectivity index (χ1n) is 11.7. The van der Waals surface area contributed by atoms with Gasteiger partial charge in [-0.05, 0) is 41.5 Å². The van der Waals surface area contributed by atoms with Crippen molar-refractivity contribution in [1.82, 2.24) is 9.88 Å². The summed E-state index contributed by atoms with van der Waals surface area (Å²) in [5, 5.41) is 12.2. The summed E-state index contributed by atoms with van der Waals surface area (Å²) < 4.78 is 16.0. The van der Waals surface area contributed by atoms with Gasteiger partial charge in [-0.15, -0.1) is 0 Å². The number of aromatic nitrogens is 1. The predicted molar refractivity (Wildman–Crippen MR) is 139 cm³/mol. The first-order valence-corrected chi connectivity index (χ1v) is 11.7. The zero-order valence-corrected chi connectivity index (χ0v) is 20.6. The van der Waals surface area contributed by atoms with Crippen molar-refractivity contribution in [3.63, 3.8) is 0 Å². The SMILES string of the molecule is COc1ccc(C2/C(=C(/O)c3c[nH]c4ccccc34)C(=O)C(=O)N2Cc2ccc(OC)c(OC)c2)cc1. The maximum absolute atomic E-state index is 13.4. The standard InChI is InChI=1S/C29H26N2O6/c1-35-19-11-9-18(10-12-19)26-25(27(32)21-15-30-22-7-5-4-6-20(21)22)28(33)29(34)31(26)16-17-8-13-23(36-2)24(14-17)37-3/h4-15,26,30,32H,16H2,1-3H3/b27-25-. The molecular formula is C29H26N2O6. The second kappa shape index (κ2) is 9.73. The molecule has 2 N–H and O–H groups in total. The Hall–Kier alpha value is -4.72. The molecule has 1 aliphatic heterocycles. The van der Waals surface area contributed by atoms with Crippen molar-refractivity contribution in [2.45, 2.75) is 12.6 Å². The van der Waals surface area contributed by atoms with Gasteiger partial charge in [0, 0.05) is 29.2 Å². The number of aliphatic hydroxyl groups is 1. The van der Waals surface area contributed by atoms with Crippen LogP contribution >= 0.6 is 0 Å². The lowest BCUT2D eigenvalue weighted by Crippen LogP contribution is -2.29. The summed E-state index contributed by atoms with van der Waals surface area (Å²) in [5.41, 5.74) is 2.70. The molecule has 1 amide bonds. The fraction of sp³-hybridized carbons (Fsp3) is 0.172. The minimum absolute atomic E-state index is 0.0281. The van der Waals surface area contributed by atoms with Gasteiger partial charge < -0.3 is 29.2 Å². The molecule has 0 saturated carbocycles. The first kappa shape index (κ1) is 24.0. The maximum atomic E-state index is 13.4. The third-order valence-electron chi connectivity index (χ3n) is 6.62. The smallest absolute Gasteiger partial charge is 0.295 e. The van der Waals surface area contributed by atoms with Crippen LogP contribution in [0.3, 0.4) is 0 Å². The Balaban J connectivity index is 1.65. The summed E-state index contributed by atoms with van der Waals surface area (Å²) in [4.78, 5) is 31.4. The normalized spacial score (nSPS) is 16.8. The van der Waals surface area contributed by atoms with Gasteiger partial charge in [0.1, 0.15) is 11.5 Å². The lowest BCUT2D eigenvalue weighted by Gasteiger charge is -2.26. The molecule has 5 rings (SSSR count). The second-order valence-corrected chi connectivity index (χ2v) is 8.64. The summed E-state index contributed by atoms with van der Waals surface area (Å²) in [6, 6.07) is 19.1. The van der Waals surface area contributed by atoms with Crippen LogP contribution in [0, 0.1) is 0 Å². The summed E-state index contributed by atoms with van der Waals surface area (Å²) in [6.07, 6.45) is 1.65. The molecule has 8 heteroatoms. The largest absolute Gasteiger partial charge is 0.507 e. The van der Waals surface area contributed by atoms with Gasteiger partial charge in [0.25, 0.3) is 11.7 Å². The molecule has 0 spiro atoms. The molecule has 1 aromatic heterocycles. The van der Waals surface area contributed by atoms with Crippen LogP contribution in [0.2, 0.25) is 0 Å². The van der Waals surface area contributed by atoms with Gasteiger partial charge >= 0.3 is 0 Å². The molecule has 3 aromatic carbocycles. The third kappa shape index (κ3) is 4.16. The molecule has 0 aliphatic carbocycles. The number of ketones is 1. The summed E-state index contributed by atoms with van der Waals surface area (Å²) in [6.45, 7) is 0.117. The number of aliphatic hydroxyl groups excluding tert-OH is 1. The number of nitrogens with zero attached hydrogens (tertiary/aromatic N) is 1. The maximum Gasteiger partial charge on any atom is 0.295 e. The molecule has 2 heterocycles. The topological polar surface area (TPSA) is 101 Å². The molecule has 8 nitrogen and oxygen atoms in total. The lowest BCUT2D eigenvalue weighted by atomic mass is 9.95. The third-order valence-corrected chi connectivity index (χ3v) is 6.62. The Morgan fingerprint density at radius 2 is 1.65 bits per heavy atom.